The maximum absolute atomic E-state index is 4.68. The summed E-state index contributed by atoms with van der Waals surface area (Å²) in [6.45, 7) is 3.13. The molecule has 2 N–H and O–H groups in total. The molecule has 4 heteroatoms. The molecule has 0 saturated carbocycles. The van der Waals surface area contributed by atoms with Gasteiger partial charge in [0.1, 0.15) is 11.6 Å². The third-order valence-electron chi connectivity index (χ3n) is 3.44. The number of anilines is 2. The van der Waals surface area contributed by atoms with Crippen molar-refractivity contribution in [1.82, 2.24) is 15.3 Å². The summed E-state index contributed by atoms with van der Waals surface area (Å²) < 4.78 is 0. The van der Waals surface area contributed by atoms with E-state index in [0.717, 1.165) is 29.4 Å². The van der Waals surface area contributed by atoms with Gasteiger partial charge in [-0.25, -0.2) is 9.97 Å². The molecule has 1 saturated heterocycles. The second-order valence-corrected chi connectivity index (χ2v) is 4.89. The zero-order valence-electron chi connectivity index (χ0n) is 11.1. The van der Waals surface area contributed by atoms with Gasteiger partial charge >= 0.3 is 0 Å². The molecule has 98 valence electrons. The van der Waals surface area contributed by atoms with Crippen molar-refractivity contribution >= 4 is 11.6 Å². The summed E-state index contributed by atoms with van der Waals surface area (Å²) in [7, 11) is 0. The van der Waals surface area contributed by atoms with E-state index < -0.39 is 0 Å². The van der Waals surface area contributed by atoms with Gasteiger partial charge in [0.25, 0.3) is 0 Å². The average molecular weight is 254 g/mol. The van der Waals surface area contributed by atoms with Crippen LogP contribution in [0.3, 0.4) is 0 Å². The maximum atomic E-state index is 4.68. The molecule has 1 fully saturated rings. The van der Waals surface area contributed by atoms with E-state index in [1.807, 2.05) is 31.2 Å². The first-order chi connectivity index (χ1) is 9.33. The lowest BCUT2D eigenvalue weighted by molar-refractivity contribution is 0.629. The molecule has 0 aromatic carbocycles. The normalized spacial score (nSPS) is 18.5. The molecule has 19 heavy (non-hydrogen) atoms. The first-order valence-electron chi connectivity index (χ1n) is 6.72. The maximum Gasteiger partial charge on any atom is 0.134 e. The molecule has 3 heterocycles. The Hall–Kier alpha value is -1.94. The molecule has 0 radical (unpaired) electrons. The molecule has 4 nitrogen and oxygen atoms in total. The quantitative estimate of drug-likeness (QED) is 0.884. The Morgan fingerprint density at radius 2 is 2.21 bits per heavy atom. The van der Waals surface area contributed by atoms with Crippen LogP contribution in [-0.4, -0.2) is 16.5 Å². The molecule has 0 aliphatic carbocycles. The standard InChI is InChI=1S/C15H18N4/c1-11-5-3-10-17-15(11)19-14-8-2-6-13(18-14)12-7-4-9-16-12/h2-3,5-6,8,10,12,16H,4,7,9H2,1H3,(H,17,18,19). The van der Waals surface area contributed by atoms with Gasteiger partial charge < -0.3 is 10.6 Å². The van der Waals surface area contributed by atoms with Crippen molar-refractivity contribution in [2.24, 2.45) is 0 Å². The van der Waals surface area contributed by atoms with Gasteiger partial charge in [0, 0.05) is 12.2 Å². The minimum atomic E-state index is 0.395. The van der Waals surface area contributed by atoms with E-state index >= 15 is 0 Å². The van der Waals surface area contributed by atoms with Gasteiger partial charge in [-0.15, -0.1) is 0 Å². The Balaban J connectivity index is 1.81. The summed E-state index contributed by atoms with van der Waals surface area (Å²) in [5.41, 5.74) is 2.23. The zero-order chi connectivity index (χ0) is 13.1. The number of aryl methyl sites for hydroxylation is 1. The number of nitrogens with one attached hydrogen (secondary N) is 2. The van der Waals surface area contributed by atoms with E-state index in [4.69, 9.17) is 0 Å². The summed E-state index contributed by atoms with van der Waals surface area (Å²) in [5, 5.41) is 6.76. The van der Waals surface area contributed by atoms with Crippen molar-refractivity contribution in [3.05, 3.63) is 47.8 Å². The molecule has 0 spiro atoms. The van der Waals surface area contributed by atoms with Crippen LogP contribution in [0.25, 0.3) is 0 Å². The summed E-state index contributed by atoms with van der Waals surface area (Å²) >= 11 is 0. The van der Waals surface area contributed by atoms with Gasteiger partial charge in [-0.05, 0) is 50.1 Å². The van der Waals surface area contributed by atoms with Crippen LogP contribution in [-0.2, 0) is 0 Å². The minimum absolute atomic E-state index is 0.395. The minimum Gasteiger partial charge on any atom is -0.325 e. The van der Waals surface area contributed by atoms with Crippen molar-refractivity contribution in [2.75, 3.05) is 11.9 Å². The first-order valence-corrected chi connectivity index (χ1v) is 6.72. The summed E-state index contributed by atoms with van der Waals surface area (Å²) in [4.78, 5) is 9.01. The van der Waals surface area contributed by atoms with Crippen molar-refractivity contribution in [2.45, 2.75) is 25.8 Å². The van der Waals surface area contributed by atoms with Gasteiger partial charge in [-0.2, -0.15) is 0 Å². The van der Waals surface area contributed by atoms with Gasteiger partial charge in [-0.3, -0.25) is 0 Å². The van der Waals surface area contributed by atoms with Crippen LogP contribution in [0.5, 0.6) is 0 Å². The van der Waals surface area contributed by atoms with E-state index in [9.17, 15) is 0 Å². The van der Waals surface area contributed by atoms with Crippen molar-refractivity contribution in [3.8, 4) is 0 Å². The van der Waals surface area contributed by atoms with Crippen LogP contribution >= 0.6 is 0 Å². The molecule has 2 aromatic heterocycles. The monoisotopic (exact) mass is 254 g/mol. The highest BCUT2D eigenvalue weighted by Gasteiger charge is 2.17. The van der Waals surface area contributed by atoms with Crippen LogP contribution in [0.2, 0.25) is 0 Å². The van der Waals surface area contributed by atoms with E-state index in [2.05, 4.69) is 26.7 Å². The highest BCUT2D eigenvalue weighted by atomic mass is 15.1. The summed E-state index contributed by atoms with van der Waals surface area (Å²) in [5.74, 6) is 1.72. The van der Waals surface area contributed by atoms with Gasteiger partial charge in [0.2, 0.25) is 0 Å². The second kappa shape index (κ2) is 5.36. The predicted molar refractivity (Wildman–Crippen MR) is 76.5 cm³/mol. The number of pyridine rings is 2. The topological polar surface area (TPSA) is 49.8 Å². The molecular weight excluding hydrogens is 236 g/mol. The van der Waals surface area contributed by atoms with Crippen LogP contribution < -0.4 is 10.6 Å². The lowest BCUT2D eigenvalue weighted by Gasteiger charge is -2.12. The number of aromatic nitrogens is 2. The SMILES string of the molecule is Cc1cccnc1Nc1cccc(C2CCCN2)n1. The van der Waals surface area contributed by atoms with Crippen molar-refractivity contribution < 1.29 is 0 Å². The molecule has 1 aliphatic heterocycles. The fourth-order valence-electron chi connectivity index (χ4n) is 2.39. The van der Waals surface area contributed by atoms with Gasteiger partial charge in [0.05, 0.1) is 5.69 Å². The van der Waals surface area contributed by atoms with Crippen molar-refractivity contribution in [1.29, 1.82) is 0 Å². The summed E-state index contributed by atoms with van der Waals surface area (Å²) in [6.07, 6.45) is 4.18. The predicted octanol–water partition coefficient (Wildman–Crippen LogP) is 2.95. The van der Waals surface area contributed by atoms with Crippen LogP contribution in [0.4, 0.5) is 11.6 Å². The number of nitrogens with zero attached hydrogens (tertiary/aromatic N) is 2. The fraction of sp³-hybridized carbons (Fsp3) is 0.333. The van der Waals surface area contributed by atoms with Crippen LogP contribution in [0.1, 0.15) is 30.1 Å². The average Bonchev–Trinajstić information content (AvgIpc) is 2.96. The highest BCUT2D eigenvalue weighted by Crippen LogP contribution is 2.23. The highest BCUT2D eigenvalue weighted by molar-refractivity contribution is 5.55. The van der Waals surface area contributed by atoms with Gasteiger partial charge in [-0.1, -0.05) is 12.1 Å². The molecule has 1 atom stereocenters. The van der Waals surface area contributed by atoms with Crippen molar-refractivity contribution in [3.63, 3.8) is 0 Å². The van der Waals surface area contributed by atoms with Gasteiger partial charge in [0.15, 0.2) is 0 Å². The first kappa shape index (κ1) is 12.1. The smallest absolute Gasteiger partial charge is 0.134 e. The fourth-order valence-corrected chi connectivity index (χ4v) is 2.39. The lowest BCUT2D eigenvalue weighted by atomic mass is 10.1. The third kappa shape index (κ3) is 2.74. The Kier molecular flexibility index (Phi) is 3.42. The number of rotatable bonds is 3. The molecule has 0 amide bonds. The molecule has 2 aromatic rings. The number of hydrogen-bond donors (Lipinski definition) is 2. The van der Waals surface area contributed by atoms with Crippen LogP contribution in [0, 0.1) is 6.92 Å². The Morgan fingerprint density at radius 3 is 3.00 bits per heavy atom. The molecule has 1 unspecified atom stereocenters. The van der Waals surface area contributed by atoms with E-state index in [0.29, 0.717) is 6.04 Å². The lowest BCUT2D eigenvalue weighted by Crippen LogP contribution is -2.14. The Morgan fingerprint density at radius 1 is 1.26 bits per heavy atom. The molecule has 3 rings (SSSR count). The molecule has 1 aliphatic rings. The van der Waals surface area contributed by atoms with E-state index in [-0.39, 0.29) is 0 Å². The largest absolute Gasteiger partial charge is 0.325 e. The molecule has 0 bridgehead atoms. The second-order valence-electron chi connectivity index (χ2n) is 4.89. The number of hydrogen-bond acceptors (Lipinski definition) is 4. The third-order valence-corrected chi connectivity index (χ3v) is 3.44. The van der Waals surface area contributed by atoms with Crippen LogP contribution in [0.15, 0.2) is 36.5 Å². The molecular formula is C15H18N4. The zero-order valence-corrected chi connectivity index (χ0v) is 11.1. The Labute approximate surface area is 113 Å². The van der Waals surface area contributed by atoms with E-state index in [1.54, 1.807) is 6.20 Å². The summed E-state index contributed by atoms with van der Waals surface area (Å²) in [6, 6.07) is 10.5. The Bertz CT molecular complexity index is 562. The van der Waals surface area contributed by atoms with E-state index in [1.165, 1.54) is 12.8 Å².